The van der Waals surface area contributed by atoms with E-state index in [1.807, 2.05) is 18.7 Å². The minimum atomic E-state index is 0.0181. The van der Waals surface area contributed by atoms with Gasteiger partial charge in [0, 0.05) is 31.0 Å². The summed E-state index contributed by atoms with van der Waals surface area (Å²) in [6, 6.07) is 0.158. The van der Waals surface area contributed by atoms with Gasteiger partial charge in [-0.15, -0.1) is 0 Å². The second-order valence-corrected chi connectivity index (χ2v) is 5.91. The molecule has 102 valence electrons. The van der Waals surface area contributed by atoms with Gasteiger partial charge in [-0.25, -0.2) is 0 Å². The molecule has 1 saturated carbocycles. The van der Waals surface area contributed by atoms with Crippen molar-refractivity contribution in [2.24, 2.45) is 11.8 Å². The first kappa shape index (κ1) is 13.4. The molecule has 1 N–H and O–H groups in total. The lowest BCUT2D eigenvalue weighted by Gasteiger charge is -2.21. The van der Waals surface area contributed by atoms with Gasteiger partial charge in [-0.1, -0.05) is 26.7 Å². The zero-order valence-corrected chi connectivity index (χ0v) is 11.4. The highest BCUT2D eigenvalue weighted by atomic mass is 16.2. The van der Waals surface area contributed by atoms with Crippen molar-refractivity contribution in [2.45, 2.75) is 52.0 Å². The van der Waals surface area contributed by atoms with E-state index < -0.39 is 0 Å². The average Bonchev–Trinajstić information content (AvgIpc) is 2.98. The summed E-state index contributed by atoms with van der Waals surface area (Å²) in [5, 5.41) is 3.02. The molecule has 2 amide bonds. The Morgan fingerprint density at radius 1 is 1.17 bits per heavy atom. The predicted molar refractivity (Wildman–Crippen MR) is 69.9 cm³/mol. The lowest BCUT2D eigenvalue weighted by molar-refractivity contribution is -0.134. The molecule has 0 aromatic heterocycles. The van der Waals surface area contributed by atoms with Crippen molar-refractivity contribution < 1.29 is 9.59 Å². The lowest BCUT2D eigenvalue weighted by atomic mass is 10.1. The van der Waals surface area contributed by atoms with E-state index in [1.54, 1.807) is 0 Å². The Morgan fingerprint density at radius 2 is 1.83 bits per heavy atom. The zero-order valence-electron chi connectivity index (χ0n) is 11.4. The Balaban J connectivity index is 1.80. The fourth-order valence-corrected chi connectivity index (χ4v) is 2.88. The Bertz CT molecular complexity index is 322. The summed E-state index contributed by atoms with van der Waals surface area (Å²) in [4.78, 5) is 25.8. The minimum absolute atomic E-state index is 0.0181. The van der Waals surface area contributed by atoms with Gasteiger partial charge in [0.25, 0.3) is 0 Å². The van der Waals surface area contributed by atoms with E-state index >= 15 is 0 Å². The molecule has 4 nitrogen and oxygen atoms in total. The van der Waals surface area contributed by atoms with Crippen molar-refractivity contribution in [3.63, 3.8) is 0 Å². The van der Waals surface area contributed by atoms with Crippen LogP contribution in [0.4, 0.5) is 0 Å². The average molecular weight is 252 g/mol. The molecule has 0 spiro atoms. The molecule has 2 rings (SSSR count). The monoisotopic (exact) mass is 252 g/mol. The molecule has 18 heavy (non-hydrogen) atoms. The van der Waals surface area contributed by atoms with Crippen LogP contribution in [-0.2, 0) is 9.59 Å². The van der Waals surface area contributed by atoms with Gasteiger partial charge in [0.1, 0.15) is 0 Å². The van der Waals surface area contributed by atoms with Crippen molar-refractivity contribution in [2.75, 3.05) is 13.1 Å². The van der Waals surface area contributed by atoms with E-state index in [9.17, 15) is 9.59 Å². The third-order valence-electron chi connectivity index (χ3n) is 4.08. The number of hydrogen-bond donors (Lipinski definition) is 1. The second kappa shape index (κ2) is 5.72. The highest BCUT2D eigenvalue weighted by Gasteiger charge is 2.32. The van der Waals surface area contributed by atoms with Crippen LogP contribution < -0.4 is 5.32 Å². The quantitative estimate of drug-likeness (QED) is 0.828. The topological polar surface area (TPSA) is 49.4 Å². The molecule has 0 aromatic carbocycles. The minimum Gasteiger partial charge on any atom is -0.351 e. The summed E-state index contributed by atoms with van der Waals surface area (Å²) >= 11 is 0. The van der Waals surface area contributed by atoms with Crippen LogP contribution in [0.15, 0.2) is 0 Å². The van der Waals surface area contributed by atoms with E-state index in [2.05, 4.69) is 5.32 Å². The molecular formula is C14H24N2O2. The Hall–Kier alpha value is -1.06. The third-order valence-corrected chi connectivity index (χ3v) is 4.08. The van der Waals surface area contributed by atoms with E-state index in [1.165, 1.54) is 12.8 Å². The zero-order chi connectivity index (χ0) is 13.1. The van der Waals surface area contributed by atoms with Crippen molar-refractivity contribution >= 4 is 11.8 Å². The van der Waals surface area contributed by atoms with Crippen LogP contribution in [-0.4, -0.2) is 35.8 Å². The SMILES string of the molecule is CC(C)C(=O)NC1CCN(C(=O)C2CCCC2)C1. The summed E-state index contributed by atoms with van der Waals surface area (Å²) < 4.78 is 0. The number of hydrogen-bond acceptors (Lipinski definition) is 2. The Kier molecular flexibility index (Phi) is 4.25. The predicted octanol–water partition coefficient (Wildman–Crippen LogP) is 1.55. The molecule has 2 fully saturated rings. The smallest absolute Gasteiger partial charge is 0.225 e. The molecule has 1 atom stereocenters. The van der Waals surface area contributed by atoms with Gasteiger partial charge in [-0.2, -0.15) is 0 Å². The summed E-state index contributed by atoms with van der Waals surface area (Å²) in [6.07, 6.45) is 5.39. The number of likely N-dealkylation sites (tertiary alicyclic amines) is 1. The summed E-state index contributed by atoms with van der Waals surface area (Å²) in [5.41, 5.74) is 0. The maximum absolute atomic E-state index is 12.2. The molecule has 1 aliphatic carbocycles. The van der Waals surface area contributed by atoms with Gasteiger partial charge in [-0.05, 0) is 19.3 Å². The molecule has 0 radical (unpaired) electrons. The van der Waals surface area contributed by atoms with E-state index in [0.717, 1.165) is 25.8 Å². The van der Waals surface area contributed by atoms with Gasteiger partial charge in [-0.3, -0.25) is 9.59 Å². The largest absolute Gasteiger partial charge is 0.351 e. The van der Waals surface area contributed by atoms with Crippen molar-refractivity contribution in [3.05, 3.63) is 0 Å². The van der Waals surface area contributed by atoms with Gasteiger partial charge >= 0.3 is 0 Å². The Labute approximate surface area is 109 Å². The molecule has 0 bridgehead atoms. The first-order chi connectivity index (χ1) is 8.58. The first-order valence-corrected chi connectivity index (χ1v) is 7.17. The summed E-state index contributed by atoms with van der Waals surface area (Å²) in [5.74, 6) is 0.679. The van der Waals surface area contributed by atoms with Crippen LogP contribution in [0.3, 0.4) is 0 Å². The fraction of sp³-hybridized carbons (Fsp3) is 0.857. The van der Waals surface area contributed by atoms with Gasteiger partial charge in [0.05, 0.1) is 0 Å². The van der Waals surface area contributed by atoms with E-state index in [-0.39, 0.29) is 23.8 Å². The van der Waals surface area contributed by atoms with E-state index in [0.29, 0.717) is 12.5 Å². The maximum atomic E-state index is 12.2. The van der Waals surface area contributed by atoms with Crippen LogP contribution in [0.5, 0.6) is 0 Å². The molecule has 1 aliphatic heterocycles. The molecule has 1 unspecified atom stereocenters. The van der Waals surface area contributed by atoms with Crippen molar-refractivity contribution in [1.29, 1.82) is 0 Å². The number of rotatable bonds is 3. The van der Waals surface area contributed by atoms with Gasteiger partial charge in [0.15, 0.2) is 0 Å². The fourth-order valence-electron chi connectivity index (χ4n) is 2.88. The van der Waals surface area contributed by atoms with Crippen molar-refractivity contribution in [1.82, 2.24) is 10.2 Å². The van der Waals surface area contributed by atoms with Crippen LogP contribution in [0.25, 0.3) is 0 Å². The number of carbonyl (C=O) groups is 2. The Morgan fingerprint density at radius 3 is 2.44 bits per heavy atom. The molecule has 1 heterocycles. The van der Waals surface area contributed by atoms with Crippen LogP contribution >= 0.6 is 0 Å². The first-order valence-electron chi connectivity index (χ1n) is 7.17. The van der Waals surface area contributed by atoms with Gasteiger partial charge in [0.2, 0.25) is 11.8 Å². The third kappa shape index (κ3) is 3.03. The van der Waals surface area contributed by atoms with E-state index in [4.69, 9.17) is 0 Å². The molecule has 1 saturated heterocycles. The molecule has 4 heteroatoms. The van der Waals surface area contributed by atoms with Crippen LogP contribution in [0, 0.1) is 11.8 Å². The number of amides is 2. The highest BCUT2D eigenvalue weighted by Crippen LogP contribution is 2.27. The number of nitrogens with zero attached hydrogens (tertiary/aromatic N) is 1. The maximum Gasteiger partial charge on any atom is 0.225 e. The van der Waals surface area contributed by atoms with Crippen LogP contribution in [0.2, 0.25) is 0 Å². The standard InChI is InChI=1S/C14H24N2O2/c1-10(2)13(17)15-12-7-8-16(9-12)14(18)11-5-3-4-6-11/h10-12H,3-9H2,1-2H3,(H,15,17). The van der Waals surface area contributed by atoms with Crippen LogP contribution in [0.1, 0.15) is 46.0 Å². The molecule has 2 aliphatic rings. The number of carbonyl (C=O) groups excluding carboxylic acids is 2. The van der Waals surface area contributed by atoms with Gasteiger partial charge < -0.3 is 10.2 Å². The lowest BCUT2D eigenvalue weighted by Crippen LogP contribution is -2.41. The molecule has 0 aromatic rings. The summed E-state index contributed by atoms with van der Waals surface area (Å²) in [6.45, 7) is 5.30. The number of nitrogens with one attached hydrogen (secondary N) is 1. The highest BCUT2D eigenvalue weighted by molar-refractivity contribution is 5.80. The molecular weight excluding hydrogens is 228 g/mol. The summed E-state index contributed by atoms with van der Waals surface area (Å²) in [7, 11) is 0. The second-order valence-electron chi connectivity index (χ2n) is 5.91. The van der Waals surface area contributed by atoms with Crippen molar-refractivity contribution in [3.8, 4) is 0 Å². The normalized spacial score (nSPS) is 24.8.